The minimum absolute atomic E-state index is 0.179. The number of esters is 1. The van der Waals surface area contributed by atoms with Crippen LogP contribution in [0.2, 0.25) is 0 Å². The molecular weight excluding hydrogens is 198 g/mol. The third-order valence-electron chi connectivity index (χ3n) is 1.63. The topological polar surface area (TPSA) is 87.5 Å². The van der Waals surface area contributed by atoms with Gasteiger partial charge in [-0.05, 0) is 19.9 Å². The molecule has 0 heterocycles. The molecule has 0 amide bonds. The summed E-state index contributed by atoms with van der Waals surface area (Å²) in [5.41, 5.74) is 2.35. The van der Waals surface area contributed by atoms with Crippen LogP contribution in [0.5, 0.6) is 0 Å². The first-order chi connectivity index (χ1) is 6.99. The van der Waals surface area contributed by atoms with Gasteiger partial charge in [-0.2, -0.15) is 0 Å². The van der Waals surface area contributed by atoms with Gasteiger partial charge in [0.05, 0.1) is 12.3 Å². The summed E-state index contributed by atoms with van der Waals surface area (Å²) in [6, 6.07) is 0. The van der Waals surface area contributed by atoms with Gasteiger partial charge in [0.2, 0.25) is 0 Å². The average molecular weight is 211 g/mol. The fourth-order valence-corrected chi connectivity index (χ4v) is 0.720. The van der Waals surface area contributed by atoms with Gasteiger partial charge < -0.3 is 15.3 Å². The van der Waals surface area contributed by atoms with E-state index in [0.717, 1.165) is 6.26 Å². The van der Waals surface area contributed by atoms with Gasteiger partial charge in [-0.3, -0.25) is 9.59 Å². The molecule has 0 aliphatic carbocycles. The zero-order chi connectivity index (χ0) is 11.8. The van der Waals surface area contributed by atoms with Crippen LogP contribution < -0.4 is 0 Å². The van der Waals surface area contributed by atoms with Gasteiger partial charge in [-0.1, -0.05) is 5.73 Å². The highest BCUT2D eigenvalue weighted by Crippen LogP contribution is 2.04. The predicted octanol–water partition coefficient (Wildman–Crippen LogP) is 1.35. The van der Waals surface area contributed by atoms with Crippen molar-refractivity contribution in [3.05, 3.63) is 18.1 Å². The first kappa shape index (κ1) is 13.1. The molecule has 0 saturated carbocycles. The Hall–Kier alpha value is -1.87. The van der Waals surface area contributed by atoms with E-state index in [1.54, 1.807) is 13.0 Å². The van der Waals surface area contributed by atoms with Crippen LogP contribution in [0.1, 0.15) is 20.3 Å². The number of hydrogen-bond acceptors (Lipinski definition) is 4. The highest BCUT2D eigenvalue weighted by molar-refractivity contribution is 6.06. The van der Waals surface area contributed by atoms with Crippen molar-refractivity contribution in [2.45, 2.75) is 20.3 Å². The molecule has 0 saturated heterocycles. The fraction of sp³-hybridized carbons (Fsp3) is 0.400. The minimum atomic E-state index is -1.14. The molecule has 0 aliphatic heterocycles. The Morgan fingerprint density at radius 2 is 2.20 bits per heavy atom. The molecule has 2 N–H and O–H groups in total. The van der Waals surface area contributed by atoms with Crippen molar-refractivity contribution in [2.75, 3.05) is 0 Å². The Bertz CT molecular complexity index is 326. The van der Waals surface area contributed by atoms with Crippen LogP contribution in [0.3, 0.4) is 0 Å². The molecule has 0 aromatic heterocycles. The Morgan fingerprint density at radius 3 is 2.67 bits per heavy atom. The summed E-state index contributed by atoms with van der Waals surface area (Å²) >= 11 is 0. The number of allylic oxidation sites excluding steroid dienone is 1. The first-order valence-corrected chi connectivity index (χ1v) is 4.34. The van der Waals surface area contributed by atoms with Gasteiger partial charge in [0, 0.05) is 5.71 Å². The van der Waals surface area contributed by atoms with Crippen molar-refractivity contribution in [3.63, 3.8) is 0 Å². The lowest BCUT2D eigenvalue weighted by Gasteiger charge is -2.07. The zero-order valence-electron chi connectivity index (χ0n) is 8.61. The predicted molar refractivity (Wildman–Crippen MR) is 53.6 cm³/mol. The third-order valence-corrected chi connectivity index (χ3v) is 1.63. The second-order valence-corrected chi connectivity index (χ2v) is 2.83. The molecule has 82 valence electrons. The Labute approximate surface area is 87.6 Å². The van der Waals surface area contributed by atoms with Crippen LogP contribution >= 0.6 is 0 Å². The monoisotopic (exact) mass is 211 g/mol. The first-order valence-electron chi connectivity index (χ1n) is 4.34. The maximum atomic E-state index is 11.2. The summed E-state index contributed by atoms with van der Waals surface area (Å²) in [6.45, 7) is 3.14. The van der Waals surface area contributed by atoms with E-state index >= 15 is 0 Å². The van der Waals surface area contributed by atoms with Crippen LogP contribution in [0.4, 0.5) is 0 Å². The van der Waals surface area contributed by atoms with Gasteiger partial charge in [-0.15, -0.1) is 0 Å². The minimum Gasteiger partial charge on any atom is -0.481 e. The van der Waals surface area contributed by atoms with Crippen LogP contribution in [0.15, 0.2) is 18.1 Å². The molecule has 0 bridgehead atoms. The van der Waals surface area contributed by atoms with Crippen molar-refractivity contribution >= 4 is 17.7 Å². The average Bonchev–Trinajstić information content (AvgIpc) is 2.15. The summed E-state index contributed by atoms with van der Waals surface area (Å²) in [6.07, 6.45) is 2.18. The number of carboxylic acids is 1. The second-order valence-electron chi connectivity index (χ2n) is 2.83. The van der Waals surface area contributed by atoms with E-state index in [9.17, 15) is 9.59 Å². The number of nitrogens with one attached hydrogen (secondary N) is 1. The largest absolute Gasteiger partial charge is 0.481 e. The van der Waals surface area contributed by atoms with E-state index in [1.165, 1.54) is 6.92 Å². The maximum absolute atomic E-state index is 11.2. The van der Waals surface area contributed by atoms with Gasteiger partial charge in [0.15, 0.2) is 0 Å². The van der Waals surface area contributed by atoms with Crippen LogP contribution in [-0.2, 0) is 14.3 Å². The summed E-state index contributed by atoms with van der Waals surface area (Å²) in [4.78, 5) is 21.5. The van der Waals surface area contributed by atoms with Crippen LogP contribution in [-0.4, -0.2) is 22.8 Å². The van der Waals surface area contributed by atoms with E-state index in [2.05, 4.69) is 10.5 Å². The number of hydrogen-bond donors (Lipinski definition) is 2. The lowest BCUT2D eigenvalue weighted by Crippen LogP contribution is -2.23. The van der Waals surface area contributed by atoms with E-state index in [4.69, 9.17) is 10.5 Å². The standard InChI is InChI=1S/C10H13NO4/c1-3-4-5-15-10(14)7(2)8(11)6-9(12)13/h3,5,7,11H,6H2,1-2H3,(H,12,13). The van der Waals surface area contributed by atoms with E-state index in [-0.39, 0.29) is 5.71 Å². The zero-order valence-corrected chi connectivity index (χ0v) is 8.61. The molecule has 0 aromatic carbocycles. The normalized spacial score (nSPS) is 10.8. The van der Waals surface area contributed by atoms with Crippen molar-refractivity contribution in [1.82, 2.24) is 0 Å². The number of aliphatic carboxylic acids is 1. The quantitative estimate of drug-likeness (QED) is 0.311. The Morgan fingerprint density at radius 1 is 1.60 bits per heavy atom. The van der Waals surface area contributed by atoms with Crippen LogP contribution in [0.25, 0.3) is 0 Å². The fourth-order valence-electron chi connectivity index (χ4n) is 0.720. The third kappa shape index (κ3) is 5.44. The summed E-state index contributed by atoms with van der Waals surface area (Å²) in [5.74, 6) is -2.64. The second kappa shape index (κ2) is 6.56. The van der Waals surface area contributed by atoms with Crippen molar-refractivity contribution in [1.29, 1.82) is 5.41 Å². The van der Waals surface area contributed by atoms with Gasteiger partial charge in [0.1, 0.15) is 6.26 Å². The molecule has 5 nitrogen and oxygen atoms in total. The lowest BCUT2D eigenvalue weighted by molar-refractivity contribution is -0.139. The van der Waals surface area contributed by atoms with Gasteiger partial charge >= 0.3 is 11.9 Å². The Kier molecular flexibility index (Phi) is 5.75. The van der Waals surface area contributed by atoms with E-state index in [0.29, 0.717) is 0 Å². The molecule has 15 heavy (non-hydrogen) atoms. The molecule has 0 aromatic rings. The van der Waals surface area contributed by atoms with Crippen molar-refractivity contribution < 1.29 is 19.4 Å². The lowest BCUT2D eigenvalue weighted by atomic mass is 10.0. The maximum Gasteiger partial charge on any atom is 0.319 e. The number of carboxylic acid groups (broad SMARTS) is 1. The van der Waals surface area contributed by atoms with E-state index in [1.807, 2.05) is 0 Å². The van der Waals surface area contributed by atoms with E-state index < -0.39 is 24.3 Å². The molecule has 1 atom stereocenters. The van der Waals surface area contributed by atoms with Crippen molar-refractivity contribution in [2.24, 2.45) is 5.92 Å². The molecule has 5 heteroatoms. The van der Waals surface area contributed by atoms with Crippen LogP contribution in [0, 0.1) is 11.3 Å². The highest BCUT2D eigenvalue weighted by atomic mass is 16.5. The summed E-state index contributed by atoms with van der Waals surface area (Å²) in [7, 11) is 0. The number of carbonyl (C=O) groups is 2. The molecule has 0 rings (SSSR count). The molecule has 0 spiro atoms. The molecule has 0 radical (unpaired) electrons. The molecular formula is C10H13NO4. The summed E-state index contributed by atoms with van der Waals surface area (Å²) in [5, 5.41) is 15.7. The molecule has 1 unspecified atom stereocenters. The van der Waals surface area contributed by atoms with Gasteiger partial charge in [-0.25, -0.2) is 0 Å². The number of ether oxygens (including phenoxy) is 1. The van der Waals surface area contributed by atoms with Crippen molar-refractivity contribution in [3.8, 4) is 0 Å². The SMILES string of the molecule is CC=C=COC(=O)C(C)C(=N)CC(=O)O. The molecule has 0 aliphatic rings. The highest BCUT2D eigenvalue weighted by Gasteiger charge is 2.20. The smallest absolute Gasteiger partial charge is 0.319 e. The molecule has 0 fully saturated rings. The van der Waals surface area contributed by atoms with Gasteiger partial charge in [0.25, 0.3) is 0 Å². The Balaban J connectivity index is 4.25. The number of rotatable bonds is 5. The number of carbonyl (C=O) groups excluding carboxylic acids is 1. The summed E-state index contributed by atoms with van der Waals surface area (Å²) < 4.78 is 4.61.